The Kier molecular flexibility index (Phi) is 5.64. The van der Waals surface area contributed by atoms with Crippen molar-refractivity contribution in [1.29, 1.82) is 0 Å². The van der Waals surface area contributed by atoms with Crippen LogP contribution in [0.15, 0.2) is 48.7 Å². The van der Waals surface area contributed by atoms with Gasteiger partial charge in [0.05, 0.1) is 20.2 Å². The van der Waals surface area contributed by atoms with Crippen molar-refractivity contribution in [3.63, 3.8) is 0 Å². The molecular weight excluding hydrogens is 418 g/mol. The number of carbonyl (C=O) groups excluding carboxylic acids is 2. The lowest BCUT2D eigenvalue weighted by atomic mass is 10.0. The minimum Gasteiger partial charge on any atom is -0.497 e. The number of rotatable bonds is 6. The zero-order valence-electron chi connectivity index (χ0n) is 18.5. The van der Waals surface area contributed by atoms with Crippen LogP contribution in [0.25, 0.3) is 21.8 Å². The second-order valence-electron chi connectivity index (χ2n) is 8.28. The highest BCUT2D eigenvalue weighted by atomic mass is 16.5. The second kappa shape index (κ2) is 8.90. The smallest absolute Gasteiger partial charge is 0.318 e. The minimum absolute atomic E-state index is 0.0417. The predicted molar refractivity (Wildman–Crippen MR) is 127 cm³/mol. The largest absolute Gasteiger partial charge is 0.497 e. The number of ether oxygens (including phenoxy) is 1. The first-order chi connectivity index (χ1) is 16.1. The first-order valence-corrected chi connectivity index (χ1v) is 11.1. The number of para-hydroxylation sites is 1. The molecule has 170 valence electrons. The van der Waals surface area contributed by atoms with Crippen molar-refractivity contribution in [2.75, 3.05) is 26.7 Å². The van der Waals surface area contributed by atoms with E-state index in [2.05, 4.69) is 32.7 Å². The lowest BCUT2D eigenvalue weighted by Crippen LogP contribution is -2.46. The molecule has 8 nitrogen and oxygen atoms in total. The van der Waals surface area contributed by atoms with E-state index in [4.69, 9.17) is 4.74 Å². The quantitative estimate of drug-likeness (QED) is 0.367. The standard InChI is InChI=1S/C25H27N5O3/c1-33-17-6-7-18-16(13-27-22(18)12-17)8-10-26-24(31)14-28-25(32)30-11-9-20-19-4-2-3-5-21(19)29-23(20)15-30/h2-7,12-13,27,29H,8-11,14-15H2,1H3,(H,26,31)(H,28,32). The van der Waals surface area contributed by atoms with Crippen LogP contribution < -0.4 is 15.4 Å². The van der Waals surface area contributed by atoms with Crippen LogP contribution in [0.2, 0.25) is 0 Å². The summed E-state index contributed by atoms with van der Waals surface area (Å²) in [5, 5.41) is 7.96. The predicted octanol–water partition coefficient (Wildman–Crippen LogP) is 3.08. The highest BCUT2D eigenvalue weighted by molar-refractivity contribution is 5.87. The molecule has 0 atom stereocenters. The van der Waals surface area contributed by atoms with E-state index in [-0.39, 0.29) is 18.5 Å². The monoisotopic (exact) mass is 445 g/mol. The van der Waals surface area contributed by atoms with Gasteiger partial charge in [-0.1, -0.05) is 18.2 Å². The van der Waals surface area contributed by atoms with Crippen LogP contribution in [0, 0.1) is 0 Å². The Bertz CT molecular complexity index is 1320. The molecule has 0 bridgehead atoms. The summed E-state index contributed by atoms with van der Waals surface area (Å²) in [6.45, 7) is 1.60. The Morgan fingerprint density at radius 2 is 1.97 bits per heavy atom. The molecular formula is C25H27N5O3. The highest BCUT2D eigenvalue weighted by Gasteiger charge is 2.24. The molecule has 0 saturated carbocycles. The van der Waals surface area contributed by atoms with Crippen LogP contribution in [-0.2, 0) is 24.2 Å². The van der Waals surface area contributed by atoms with E-state index >= 15 is 0 Å². The van der Waals surface area contributed by atoms with Gasteiger partial charge in [-0.15, -0.1) is 0 Å². The molecule has 33 heavy (non-hydrogen) atoms. The van der Waals surface area contributed by atoms with Crippen molar-refractivity contribution in [3.8, 4) is 5.75 Å². The highest BCUT2D eigenvalue weighted by Crippen LogP contribution is 2.27. The molecule has 2 aromatic carbocycles. The fourth-order valence-corrected chi connectivity index (χ4v) is 4.53. The number of aromatic nitrogens is 2. The Morgan fingerprint density at radius 3 is 2.85 bits per heavy atom. The molecule has 0 unspecified atom stereocenters. The fraction of sp³-hybridized carbons (Fsp3) is 0.280. The topological polar surface area (TPSA) is 102 Å². The van der Waals surface area contributed by atoms with Crippen molar-refractivity contribution in [2.24, 2.45) is 0 Å². The van der Waals surface area contributed by atoms with Crippen molar-refractivity contribution < 1.29 is 14.3 Å². The van der Waals surface area contributed by atoms with E-state index in [0.717, 1.165) is 39.8 Å². The number of amides is 3. The summed E-state index contributed by atoms with van der Waals surface area (Å²) in [5.41, 5.74) is 5.57. The summed E-state index contributed by atoms with van der Waals surface area (Å²) in [6, 6.07) is 13.9. The van der Waals surface area contributed by atoms with Crippen LogP contribution in [0.3, 0.4) is 0 Å². The molecule has 0 saturated heterocycles. The minimum atomic E-state index is -0.222. The molecule has 1 aliphatic heterocycles. The summed E-state index contributed by atoms with van der Waals surface area (Å²) in [4.78, 5) is 33.2. The van der Waals surface area contributed by atoms with E-state index in [1.54, 1.807) is 12.0 Å². The SMILES string of the molecule is COc1ccc2c(CCNC(=O)CNC(=O)N3CCc4c([nH]c5ccccc45)C3)c[nH]c2c1. The number of methoxy groups -OCH3 is 1. The Morgan fingerprint density at radius 1 is 1.09 bits per heavy atom. The summed E-state index contributed by atoms with van der Waals surface area (Å²) >= 11 is 0. The Balaban J connectivity index is 1.09. The summed E-state index contributed by atoms with van der Waals surface area (Å²) < 4.78 is 5.25. The van der Waals surface area contributed by atoms with Crippen LogP contribution in [0.5, 0.6) is 5.75 Å². The van der Waals surface area contributed by atoms with Gasteiger partial charge in [0.1, 0.15) is 5.75 Å². The van der Waals surface area contributed by atoms with Crippen LogP contribution in [0.1, 0.15) is 16.8 Å². The summed E-state index contributed by atoms with van der Waals surface area (Å²) in [6.07, 6.45) is 3.45. The third kappa shape index (κ3) is 4.24. The zero-order chi connectivity index (χ0) is 22.8. The maximum atomic E-state index is 12.6. The molecule has 3 amide bonds. The Hall–Kier alpha value is -3.94. The number of H-pyrrole nitrogens is 2. The Labute approximate surface area is 191 Å². The third-order valence-corrected chi connectivity index (χ3v) is 6.26. The molecule has 8 heteroatoms. The molecule has 0 radical (unpaired) electrons. The van der Waals surface area contributed by atoms with Gasteiger partial charge < -0.3 is 30.2 Å². The van der Waals surface area contributed by atoms with Gasteiger partial charge in [0.15, 0.2) is 0 Å². The van der Waals surface area contributed by atoms with Crippen molar-refractivity contribution in [1.82, 2.24) is 25.5 Å². The molecule has 1 aliphatic rings. The normalized spacial score (nSPS) is 13.2. The van der Waals surface area contributed by atoms with Gasteiger partial charge >= 0.3 is 6.03 Å². The first kappa shape index (κ1) is 20.9. The molecule has 2 aromatic heterocycles. The molecule has 0 aliphatic carbocycles. The van der Waals surface area contributed by atoms with E-state index in [9.17, 15) is 9.59 Å². The second-order valence-corrected chi connectivity index (χ2v) is 8.28. The molecule has 4 N–H and O–H groups in total. The number of nitrogens with one attached hydrogen (secondary N) is 4. The fourth-order valence-electron chi connectivity index (χ4n) is 4.53. The number of fused-ring (bicyclic) bond motifs is 4. The molecule has 0 spiro atoms. The summed E-state index contributed by atoms with van der Waals surface area (Å²) in [7, 11) is 1.64. The molecule has 0 fully saturated rings. The lowest BCUT2D eigenvalue weighted by Gasteiger charge is -2.27. The van der Waals surface area contributed by atoms with E-state index in [1.165, 1.54) is 10.9 Å². The average molecular weight is 446 g/mol. The third-order valence-electron chi connectivity index (χ3n) is 6.26. The summed E-state index contributed by atoms with van der Waals surface area (Å²) in [5.74, 6) is 0.600. The number of carbonyl (C=O) groups is 2. The first-order valence-electron chi connectivity index (χ1n) is 11.1. The van der Waals surface area contributed by atoms with Crippen molar-refractivity contribution >= 4 is 33.7 Å². The van der Waals surface area contributed by atoms with Crippen LogP contribution in [0.4, 0.5) is 4.79 Å². The zero-order valence-corrected chi connectivity index (χ0v) is 18.5. The molecule has 4 aromatic rings. The number of urea groups is 1. The van der Waals surface area contributed by atoms with Crippen molar-refractivity contribution in [2.45, 2.75) is 19.4 Å². The maximum Gasteiger partial charge on any atom is 0.318 e. The van der Waals surface area contributed by atoms with Gasteiger partial charge in [0, 0.05) is 52.9 Å². The molecule has 5 rings (SSSR count). The van der Waals surface area contributed by atoms with Crippen LogP contribution in [-0.4, -0.2) is 53.6 Å². The number of hydrogen-bond acceptors (Lipinski definition) is 3. The number of hydrogen-bond donors (Lipinski definition) is 4. The van der Waals surface area contributed by atoms with Gasteiger partial charge in [-0.2, -0.15) is 0 Å². The number of nitrogens with zero attached hydrogens (tertiary/aromatic N) is 1. The van der Waals surface area contributed by atoms with Crippen LogP contribution >= 0.6 is 0 Å². The van der Waals surface area contributed by atoms with Gasteiger partial charge in [0.25, 0.3) is 0 Å². The number of benzene rings is 2. The van der Waals surface area contributed by atoms with Crippen molar-refractivity contribution in [3.05, 3.63) is 65.5 Å². The number of aromatic amines is 2. The lowest BCUT2D eigenvalue weighted by molar-refractivity contribution is -0.120. The van der Waals surface area contributed by atoms with E-state index in [0.29, 0.717) is 26.1 Å². The average Bonchev–Trinajstić information content (AvgIpc) is 3.42. The van der Waals surface area contributed by atoms with E-state index < -0.39 is 0 Å². The maximum absolute atomic E-state index is 12.6. The van der Waals surface area contributed by atoms with Gasteiger partial charge in [-0.05, 0) is 42.2 Å². The van der Waals surface area contributed by atoms with Gasteiger partial charge in [0.2, 0.25) is 5.91 Å². The molecule has 3 heterocycles. The van der Waals surface area contributed by atoms with E-state index in [1.807, 2.05) is 36.5 Å². The van der Waals surface area contributed by atoms with Gasteiger partial charge in [-0.25, -0.2) is 4.79 Å². The van der Waals surface area contributed by atoms with Gasteiger partial charge in [-0.3, -0.25) is 4.79 Å².